The van der Waals surface area contributed by atoms with Crippen LogP contribution in [0.25, 0.3) is 0 Å². The van der Waals surface area contributed by atoms with Crippen LogP contribution in [0.4, 0.5) is 0 Å². The van der Waals surface area contributed by atoms with Gasteiger partial charge in [-0.15, -0.1) is 0 Å². The highest BCUT2D eigenvalue weighted by Crippen LogP contribution is 2.25. The molecular formula is C19H23N3O4. The Bertz CT molecular complexity index is 717. The Morgan fingerprint density at radius 2 is 1.42 bits per heavy atom. The third-order valence-corrected chi connectivity index (χ3v) is 4.81. The molecule has 3 aliphatic rings. The number of hydrogen-bond acceptors (Lipinski definition) is 7. The molecule has 3 heterocycles. The summed E-state index contributed by atoms with van der Waals surface area (Å²) in [5, 5.41) is 21.5. The smallest absolute Gasteiger partial charge is 0.138 e. The van der Waals surface area contributed by atoms with Crippen LogP contribution in [0.1, 0.15) is 44.1 Å². The predicted molar refractivity (Wildman–Crippen MR) is 97.3 cm³/mol. The Kier molecular flexibility index (Phi) is 5.15. The SMILES string of the molecule is OCCC1CC(CC2CC(CC3CC(c4ccccc4)=NO3)=NO2)=NO1. The van der Waals surface area contributed by atoms with Crippen molar-refractivity contribution in [1.82, 2.24) is 0 Å². The fraction of sp³-hybridized carbons (Fsp3) is 0.526. The van der Waals surface area contributed by atoms with Crippen LogP contribution in [0.5, 0.6) is 0 Å². The molecule has 26 heavy (non-hydrogen) atoms. The number of benzene rings is 1. The molecule has 3 aliphatic heterocycles. The second kappa shape index (κ2) is 7.86. The lowest BCUT2D eigenvalue weighted by Crippen LogP contribution is -2.18. The highest BCUT2D eigenvalue weighted by molar-refractivity contribution is 6.01. The average molecular weight is 357 g/mol. The molecule has 3 atom stereocenters. The Morgan fingerprint density at radius 1 is 0.808 bits per heavy atom. The molecule has 0 saturated heterocycles. The van der Waals surface area contributed by atoms with E-state index in [0.29, 0.717) is 12.8 Å². The molecular weight excluding hydrogens is 334 g/mol. The number of nitrogens with zero attached hydrogens (tertiary/aromatic N) is 3. The zero-order chi connectivity index (χ0) is 17.8. The van der Waals surface area contributed by atoms with E-state index < -0.39 is 0 Å². The standard InChI is InChI=1S/C19H23N3O4/c23-7-6-16-8-14(20-24-16)9-17-10-15(21-25-17)11-18-12-19(22-26-18)13-4-2-1-3-5-13/h1-5,16-18,23H,6-12H2. The summed E-state index contributed by atoms with van der Waals surface area (Å²) >= 11 is 0. The lowest BCUT2D eigenvalue weighted by atomic mass is 9.98. The molecule has 3 unspecified atom stereocenters. The first kappa shape index (κ1) is 17.0. The molecule has 1 N–H and O–H groups in total. The Morgan fingerprint density at radius 3 is 2.15 bits per heavy atom. The van der Waals surface area contributed by atoms with Gasteiger partial charge in [0.25, 0.3) is 0 Å². The second-order valence-electron chi connectivity index (χ2n) is 6.93. The van der Waals surface area contributed by atoms with Gasteiger partial charge in [-0.3, -0.25) is 0 Å². The van der Waals surface area contributed by atoms with Gasteiger partial charge < -0.3 is 19.6 Å². The third kappa shape index (κ3) is 4.04. The number of aliphatic hydroxyl groups is 1. The van der Waals surface area contributed by atoms with Crippen molar-refractivity contribution < 1.29 is 19.6 Å². The molecule has 0 radical (unpaired) electrons. The minimum absolute atomic E-state index is 0.00256. The molecule has 0 aromatic heterocycles. The van der Waals surface area contributed by atoms with E-state index in [-0.39, 0.29) is 24.9 Å². The van der Waals surface area contributed by atoms with E-state index in [2.05, 4.69) is 15.5 Å². The zero-order valence-electron chi connectivity index (χ0n) is 14.6. The largest absolute Gasteiger partial charge is 0.396 e. The maximum absolute atomic E-state index is 8.96. The quantitative estimate of drug-likeness (QED) is 0.813. The maximum Gasteiger partial charge on any atom is 0.138 e. The van der Waals surface area contributed by atoms with Crippen LogP contribution in [-0.2, 0) is 14.5 Å². The summed E-state index contributed by atoms with van der Waals surface area (Å²) in [6.45, 7) is 0.120. The van der Waals surface area contributed by atoms with Gasteiger partial charge in [0.15, 0.2) is 0 Å². The average Bonchev–Trinajstić information content (AvgIpc) is 3.39. The van der Waals surface area contributed by atoms with Crippen molar-refractivity contribution in [3.8, 4) is 0 Å². The van der Waals surface area contributed by atoms with Crippen molar-refractivity contribution >= 4 is 17.1 Å². The summed E-state index contributed by atoms with van der Waals surface area (Å²) < 4.78 is 0. The van der Waals surface area contributed by atoms with E-state index in [1.807, 2.05) is 30.3 Å². The summed E-state index contributed by atoms with van der Waals surface area (Å²) in [6.07, 6.45) is 4.42. The predicted octanol–water partition coefficient (Wildman–Crippen LogP) is 2.63. The molecule has 0 aliphatic carbocycles. The molecule has 1 aromatic rings. The molecule has 0 amide bonds. The van der Waals surface area contributed by atoms with Crippen LogP contribution in [0, 0.1) is 0 Å². The molecule has 0 fully saturated rings. The van der Waals surface area contributed by atoms with Crippen molar-refractivity contribution in [2.45, 2.75) is 56.8 Å². The Labute approximate surface area is 152 Å². The van der Waals surface area contributed by atoms with Gasteiger partial charge in [-0.1, -0.05) is 45.8 Å². The van der Waals surface area contributed by atoms with Crippen molar-refractivity contribution in [3.63, 3.8) is 0 Å². The van der Waals surface area contributed by atoms with Gasteiger partial charge in [-0.05, 0) is 5.56 Å². The van der Waals surface area contributed by atoms with Gasteiger partial charge in [0, 0.05) is 45.1 Å². The normalized spacial score (nSPS) is 27.3. The lowest BCUT2D eigenvalue weighted by molar-refractivity contribution is 0.0643. The summed E-state index contributed by atoms with van der Waals surface area (Å²) in [6, 6.07) is 10.1. The Balaban J connectivity index is 1.21. The van der Waals surface area contributed by atoms with Gasteiger partial charge in [0.05, 0.1) is 17.1 Å². The topological polar surface area (TPSA) is 85.0 Å². The van der Waals surface area contributed by atoms with Crippen LogP contribution in [0.15, 0.2) is 45.8 Å². The van der Waals surface area contributed by atoms with E-state index in [4.69, 9.17) is 19.6 Å². The first-order valence-corrected chi connectivity index (χ1v) is 9.12. The number of oxime groups is 3. The summed E-state index contributed by atoms with van der Waals surface area (Å²) in [4.78, 5) is 16.4. The van der Waals surface area contributed by atoms with E-state index in [1.54, 1.807) is 0 Å². The lowest BCUT2D eigenvalue weighted by Gasteiger charge is -2.08. The van der Waals surface area contributed by atoms with Gasteiger partial charge in [-0.25, -0.2) is 0 Å². The van der Waals surface area contributed by atoms with Crippen molar-refractivity contribution in [2.24, 2.45) is 15.5 Å². The molecule has 0 bridgehead atoms. The van der Waals surface area contributed by atoms with Crippen LogP contribution in [-0.4, -0.2) is 47.2 Å². The molecule has 4 rings (SSSR count). The van der Waals surface area contributed by atoms with Crippen LogP contribution < -0.4 is 0 Å². The number of aliphatic hydroxyl groups excluding tert-OH is 1. The number of hydrogen-bond donors (Lipinski definition) is 1. The molecule has 0 saturated carbocycles. The first-order valence-electron chi connectivity index (χ1n) is 9.12. The van der Waals surface area contributed by atoms with Crippen LogP contribution in [0.3, 0.4) is 0 Å². The van der Waals surface area contributed by atoms with Crippen molar-refractivity contribution in [2.75, 3.05) is 6.61 Å². The first-order chi connectivity index (χ1) is 12.8. The van der Waals surface area contributed by atoms with E-state index >= 15 is 0 Å². The highest BCUT2D eigenvalue weighted by atomic mass is 16.7. The molecule has 138 valence electrons. The fourth-order valence-corrected chi connectivity index (χ4v) is 3.49. The zero-order valence-corrected chi connectivity index (χ0v) is 14.6. The van der Waals surface area contributed by atoms with E-state index in [1.165, 1.54) is 0 Å². The summed E-state index contributed by atoms with van der Waals surface area (Å²) in [5.41, 5.74) is 4.08. The van der Waals surface area contributed by atoms with E-state index in [0.717, 1.165) is 48.4 Å². The molecule has 1 aromatic carbocycles. The van der Waals surface area contributed by atoms with Crippen molar-refractivity contribution in [3.05, 3.63) is 35.9 Å². The summed E-state index contributed by atoms with van der Waals surface area (Å²) in [7, 11) is 0. The highest BCUT2D eigenvalue weighted by Gasteiger charge is 2.30. The summed E-state index contributed by atoms with van der Waals surface area (Å²) in [5.74, 6) is 0. The van der Waals surface area contributed by atoms with Crippen LogP contribution >= 0.6 is 0 Å². The van der Waals surface area contributed by atoms with Gasteiger partial charge in [0.2, 0.25) is 0 Å². The second-order valence-corrected chi connectivity index (χ2v) is 6.93. The third-order valence-electron chi connectivity index (χ3n) is 4.81. The van der Waals surface area contributed by atoms with E-state index in [9.17, 15) is 0 Å². The van der Waals surface area contributed by atoms with Gasteiger partial charge >= 0.3 is 0 Å². The molecule has 7 heteroatoms. The molecule has 7 nitrogen and oxygen atoms in total. The van der Waals surface area contributed by atoms with Gasteiger partial charge in [0.1, 0.15) is 18.3 Å². The molecule has 0 spiro atoms. The fourth-order valence-electron chi connectivity index (χ4n) is 3.49. The monoisotopic (exact) mass is 357 g/mol. The van der Waals surface area contributed by atoms with Gasteiger partial charge in [-0.2, -0.15) is 0 Å². The van der Waals surface area contributed by atoms with Crippen LogP contribution in [0.2, 0.25) is 0 Å². The Hall–Kier alpha value is -2.41. The van der Waals surface area contributed by atoms with Crippen molar-refractivity contribution in [1.29, 1.82) is 0 Å². The minimum atomic E-state index is -0.00256. The maximum atomic E-state index is 8.96. The minimum Gasteiger partial charge on any atom is -0.396 e. The number of rotatable bonds is 7.